The highest BCUT2D eigenvalue weighted by Gasteiger charge is 2.13. The highest BCUT2D eigenvalue weighted by Crippen LogP contribution is 2.29. The zero-order chi connectivity index (χ0) is 27.0. The number of hydrogen-bond donors (Lipinski definition) is 0. The maximum atomic E-state index is 13.1. The van der Waals surface area contributed by atoms with Crippen LogP contribution in [0.5, 0.6) is 17.2 Å². The summed E-state index contributed by atoms with van der Waals surface area (Å²) < 4.78 is 19.2. The Labute approximate surface area is 231 Å². The van der Waals surface area contributed by atoms with Crippen LogP contribution in [0.3, 0.4) is 0 Å². The van der Waals surface area contributed by atoms with Crippen LogP contribution in [0.15, 0.2) is 77.6 Å². The van der Waals surface area contributed by atoms with Crippen LogP contribution in [-0.2, 0) is 6.61 Å². The molecule has 5 rings (SSSR count). The molecule has 0 spiro atoms. The summed E-state index contributed by atoms with van der Waals surface area (Å²) in [5.74, 6) is 2.58. The van der Waals surface area contributed by atoms with Gasteiger partial charge in [0.15, 0.2) is 17.3 Å². The van der Waals surface area contributed by atoms with Crippen LogP contribution < -0.4 is 24.3 Å². The van der Waals surface area contributed by atoms with Crippen LogP contribution in [0.4, 0.5) is 0 Å². The lowest BCUT2D eigenvalue weighted by molar-refractivity contribution is 0.284. The van der Waals surface area contributed by atoms with Crippen LogP contribution in [0.1, 0.15) is 43.7 Å². The summed E-state index contributed by atoms with van der Waals surface area (Å²) in [7, 11) is 1.60. The summed E-state index contributed by atoms with van der Waals surface area (Å²) in [6, 6.07) is 23.2. The summed E-state index contributed by atoms with van der Waals surface area (Å²) >= 11 is 1.30. The van der Waals surface area contributed by atoms with Gasteiger partial charge in [-0.2, -0.15) is 9.50 Å². The third-order valence-corrected chi connectivity index (χ3v) is 7.24. The van der Waals surface area contributed by atoms with Gasteiger partial charge in [0.05, 0.1) is 18.2 Å². The molecule has 3 aromatic carbocycles. The number of benzene rings is 3. The number of rotatable bonds is 12. The van der Waals surface area contributed by atoms with Crippen molar-refractivity contribution in [1.29, 1.82) is 0 Å². The molecule has 5 aromatic rings. The van der Waals surface area contributed by atoms with Gasteiger partial charge < -0.3 is 14.2 Å². The molecule has 0 aliphatic rings. The minimum Gasteiger partial charge on any atom is -0.494 e. The maximum absolute atomic E-state index is 13.1. The second-order valence-corrected chi connectivity index (χ2v) is 10.2. The van der Waals surface area contributed by atoms with E-state index in [1.807, 2.05) is 78.9 Å². The molecule has 0 atom stereocenters. The Hall–Kier alpha value is -4.17. The van der Waals surface area contributed by atoms with Crippen molar-refractivity contribution in [3.05, 3.63) is 98.8 Å². The number of fused-ring (bicyclic) bond motifs is 1. The number of ether oxygens (including phenoxy) is 3. The SMILES string of the molecule is CCCCCCOc1ccc(-c2nc3sc(=Cc4ccc(OCc5ccccc5)c(OC)c4)c(=O)n3n2)cc1. The largest absolute Gasteiger partial charge is 0.494 e. The second kappa shape index (κ2) is 12.6. The lowest BCUT2D eigenvalue weighted by atomic mass is 10.2. The van der Waals surface area contributed by atoms with Gasteiger partial charge in [0.25, 0.3) is 5.56 Å². The Kier molecular flexibility index (Phi) is 8.53. The molecule has 7 nitrogen and oxygen atoms in total. The summed E-state index contributed by atoms with van der Waals surface area (Å²) in [6.07, 6.45) is 6.50. The summed E-state index contributed by atoms with van der Waals surface area (Å²) in [6.45, 7) is 3.35. The zero-order valence-corrected chi connectivity index (χ0v) is 22.9. The van der Waals surface area contributed by atoms with Crippen LogP contribution >= 0.6 is 11.3 Å². The molecular weight excluding hydrogens is 510 g/mol. The Morgan fingerprint density at radius 1 is 0.923 bits per heavy atom. The van der Waals surface area contributed by atoms with Gasteiger partial charge >= 0.3 is 0 Å². The fourth-order valence-electron chi connectivity index (χ4n) is 4.15. The first-order valence-electron chi connectivity index (χ1n) is 13.1. The Morgan fingerprint density at radius 2 is 1.74 bits per heavy atom. The standard InChI is InChI=1S/C31H31N3O4S/c1-3-4-5-9-18-37-25-15-13-24(14-16-25)29-32-31-34(33-29)30(35)28(39-31)20-23-12-17-26(27(19-23)36-2)38-21-22-10-7-6-8-11-22/h6-8,10-17,19-20H,3-5,9,18,21H2,1-2H3. The molecule has 0 radical (unpaired) electrons. The molecule has 0 saturated carbocycles. The van der Waals surface area contributed by atoms with Gasteiger partial charge in [0, 0.05) is 5.56 Å². The van der Waals surface area contributed by atoms with E-state index in [2.05, 4.69) is 17.0 Å². The van der Waals surface area contributed by atoms with E-state index < -0.39 is 0 Å². The van der Waals surface area contributed by atoms with E-state index in [1.54, 1.807) is 7.11 Å². The second-order valence-electron chi connectivity index (χ2n) is 9.16. The number of hydrogen-bond acceptors (Lipinski definition) is 7. The van der Waals surface area contributed by atoms with Crippen molar-refractivity contribution in [2.24, 2.45) is 0 Å². The van der Waals surface area contributed by atoms with Crippen molar-refractivity contribution >= 4 is 22.4 Å². The van der Waals surface area contributed by atoms with E-state index in [-0.39, 0.29) is 5.56 Å². The number of thiazole rings is 1. The molecular formula is C31H31N3O4S. The van der Waals surface area contributed by atoms with Gasteiger partial charge in [-0.25, -0.2) is 0 Å². The van der Waals surface area contributed by atoms with E-state index >= 15 is 0 Å². The van der Waals surface area contributed by atoms with Crippen molar-refractivity contribution in [1.82, 2.24) is 14.6 Å². The quantitative estimate of drug-likeness (QED) is 0.183. The predicted octanol–water partition coefficient (Wildman–Crippen LogP) is 5.91. The molecule has 0 amide bonds. The molecule has 0 unspecified atom stereocenters. The molecule has 2 heterocycles. The van der Waals surface area contributed by atoms with Gasteiger partial charge in [-0.15, -0.1) is 5.10 Å². The highest BCUT2D eigenvalue weighted by molar-refractivity contribution is 7.15. The van der Waals surface area contributed by atoms with E-state index in [0.717, 1.165) is 28.9 Å². The number of unbranched alkanes of at least 4 members (excludes halogenated alkanes) is 3. The lowest BCUT2D eigenvalue weighted by Crippen LogP contribution is -2.23. The molecule has 0 saturated heterocycles. The first-order chi connectivity index (χ1) is 19.1. The van der Waals surface area contributed by atoms with Crippen molar-refractivity contribution in [2.75, 3.05) is 13.7 Å². The molecule has 0 fully saturated rings. The van der Waals surface area contributed by atoms with Gasteiger partial charge in [-0.05, 0) is 60.0 Å². The first-order valence-corrected chi connectivity index (χ1v) is 14.0. The fraction of sp³-hybridized carbons (Fsp3) is 0.258. The summed E-state index contributed by atoms with van der Waals surface area (Å²) in [4.78, 5) is 18.2. The minimum atomic E-state index is -0.204. The van der Waals surface area contributed by atoms with Gasteiger partial charge in [-0.3, -0.25) is 4.79 Å². The summed E-state index contributed by atoms with van der Waals surface area (Å²) in [5.41, 5.74) is 2.53. The zero-order valence-electron chi connectivity index (χ0n) is 22.1. The smallest absolute Gasteiger partial charge is 0.291 e. The molecule has 0 aliphatic heterocycles. The molecule has 0 N–H and O–H groups in total. The Bertz CT molecular complexity index is 1630. The third kappa shape index (κ3) is 6.46. The molecule has 0 aliphatic carbocycles. The maximum Gasteiger partial charge on any atom is 0.291 e. The molecule has 200 valence electrons. The summed E-state index contributed by atoms with van der Waals surface area (Å²) in [5, 5.41) is 4.47. The molecule has 39 heavy (non-hydrogen) atoms. The van der Waals surface area contributed by atoms with Crippen LogP contribution in [-0.4, -0.2) is 28.3 Å². The Morgan fingerprint density at radius 3 is 2.49 bits per heavy atom. The van der Waals surface area contributed by atoms with Gasteiger partial charge in [-0.1, -0.05) is 73.9 Å². The van der Waals surface area contributed by atoms with Crippen molar-refractivity contribution in [3.63, 3.8) is 0 Å². The van der Waals surface area contributed by atoms with Crippen LogP contribution in [0.25, 0.3) is 22.4 Å². The van der Waals surface area contributed by atoms with Crippen LogP contribution in [0, 0.1) is 0 Å². The van der Waals surface area contributed by atoms with Crippen molar-refractivity contribution in [2.45, 2.75) is 39.2 Å². The third-order valence-electron chi connectivity index (χ3n) is 6.28. The fourth-order valence-corrected chi connectivity index (χ4v) is 5.06. The average molecular weight is 542 g/mol. The monoisotopic (exact) mass is 541 g/mol. The highest BCUT2D eigenvalue weighted by atomic mass is 32.1. The molecule has 2 aromatic heterocycles. The predicted molar refractivity (Wildman–Crippen MR) is 155 cm³/mol. The number of aromatic nitrogens is 3. The minimum absolute atomic E-state index is 0.204. The topological polar surface area (TPSA) is 75.0 Å². The van der Waals surface area contributed by atoms with E-state index in [4.69, 9.17) is 14.2 Å². The van der Waals surface area contributed by atoms with Crippen molar-refractivity contribution < 1.29 is 14.2 Å². The van der Waals surface area contributed by atoms with E-state index in [1.165, 1.54) is 35.1 Å². The van der Waals surface area contributed by atoms with Gasteiger partial charge in [0.1, 0.15) is 12.4 Å². The lowest BCUT2D eigenvalue weighted by Gasteiger charge is -2.11. The van der Waals surface area contributed by atoms with Gasteiger partial charge in [0.2, 0.25) is 4.96 Å². The average Bonchev–Trinajstić information content (AvgIpc) is 3.52. The van der Waals surface area contributed by atoms with E-state index in [9.17, 15) is 4.79 Å². The first kappa shape index (κ1) is 26.4. The molecule has 0 bridgehead atoms. The molecule has 8 heteroatoms. The van der Waals surface area contributed by atoms with Crippen molar-refractivity contribution in [3.8, 4) is 28.6 Å². The number of nitrogens with zero attached hydrogens (tertiary/aromatic N) is 3. The Balaban J connectivity index is 1.30. The van der Waals surface area contributed by atoms with E-state index in [0.29, 0.717) is 40.0 Å². The normalized spacial score (nSPS) is 11.7. The number of methoxy groups -OCH3 is 1. The van der Waals surface area contributed by atoms with Crippen LogP contribution in [0.2, 0.25) is 0 Å².